The summed E-state index contributed by atoms with van der Waals surface area (Å²) in [6, 6.07) is 8.67. The van der Waals surface area contributed by atoms with Crippen molar-refractivity contribution in [2.24, 2.45) is 4.99 Å². The van der Waals surface area contributed by atoms with E-state index in [2.05, 4.69) is 77.4 Å². The molecule has 6 nitrogen and oxygen atoms in total. The van der Waals surface area contributed by atoms with Gasteiger partial charge in [-0.2, -0.15) is 0 Å². The first-order chi connectivity index (χ1) is 12.7. The Kier molecular flexibility index (Phi) is 11.0. The molecule has 2 N–H and O–H groups in total. The third-order valence-electron chi connectivity index (χ3n) is 4.45. The van der Waals surface area contributed by atoms with Gasteiger partial charge in [0.05, 0.1) is 6.04 Å². The lowest BCUT2D eigenvalue weighted by Crippen LogP contribution is -2.40. The molecule has 2 rings (SSSR count). The zero-order valence-corrected chi connectivity index (χ0v) is 19.2. The first-order valence-corrected chi connectivity index (χ1v) is 9.62. The van der Waals surface area contributed by atoms with E-state index >= 15 is 0 Å². The maximum absolute atomic E-state index is 4.72. The Labute approximate surface area is 180 Å². The van der Waals surface area contributed by atoms with E-state index in [0.717, 1.165) is 50.7 Å². The normalized spacial score (nSPS) is 12.4. The van der Waals surface area contributed by atoms with Crippen LogP contribution in [0.25, 0.3) is 0 Å². The molecule has 7 heteroatoms. The van der Waals surface area contributed by atoms with E-state index < -0.39 is 0 Å². The Morgan fingerprint density at radius 2 is 2.04 bits per heavy atom. The molecule has 1 unspecified atom stereocenters. The van der Waals surface area contributed by atoms with Gasteiger partial charge >= 0.3 is 0 Å². The Morgan fingerprint density at radius 3 is 2.74 bits per heavy atom. The minimum atomic E-state index is 0. The van der Waals surface area contributed by atoms with Crippen molar-refractivity contribution in [1.82, 2.24) is 25.4 Å². The second-order valence-corrected chi connectivity index (χ2v) is 6.53. The van der Waals surface area contributed by atoms with Gasteiger partial charge in [0, 0.05) is 26.1 Å². The monoisotopic (exact) mass is 484 g/mol. The summed E-state index contributed by atoms with van der Waals surface area (Å²) in [4.78, 5) is 4.72. The maximum atomic E-state index is 4.72. The van der Waals surface area contributed by atoms with E-state index in [1.165, 1.54) is 11.1 Å². The predicted octanol–water partition coefficient (Wildman–Crippen LogP) is 3.86. The number of guanidine groups is 1. The Balaban J connectivity index is 0.00000364. The first kappa shape index (κ1) is 23.4. The molecule has 1 aromatic heterocycles. The molecule has 0 saturated heterocycles. The molecule has 27 heavy (non-hydrogen) atoms. The van der Waals surface area contributed by atoms with Crippen molar-refractivity contribution in [3.8, 4) is 0 Å². The standard InChI is InChI=1S/C20H32N6.HI/c1-5-7-12-21-20(22-13-14-26-15-23-25-19(26)6-2)24-17(4)18-11-9-8-10-16(18)3;/h8-11,15,17H,5-7,12-14H2,1-4H3,(H2,21,22,24);1H. The van der Waals surface area contributed by atoms with E-state index in [0.29, 0.717) is 0 Å². The number of aromatic nitrogens is 3. The van der Waals surface area contributed by atoms with E-state index in [-0.39, 0.29) is 30.0 Å². The van der Waals surface area contributed by atoms with Crippen molar-refractivity contribution < 1.29 is 0 Å². The number of unbranched alkanes of at least 4 members (excludes halogenated alkanes) is 1. The van der Waals surface area contributed by atoms with Crippen LogP contribution in [-0.2, 0) is 13.0 Å². The number of benzene rings is 1. The topological polar surface area (TPSA) is 67.1 Å². The summed E-state index contributed by atoms with van der Waals surface area (Å²) in [6.07, 6.45) is 4.92. The second-order valence-electron chi connectivity index (χ2n) is 6.53. The van der Waals surface area contributed by atoms with Gasteiger partial charge in [0.1, 0.15) is 12.2 Å². The SMILES string of the molecule is CCCCN=C(NCCn1cnnc1CC)NC(C)c1ccccc1C.I. The molecule has 0 radical (unpaired) electrons. The fourth-order valence-corrected chi connectivity index (χ4v) is 2.89. The zero-order chi connectivity index (χ0) is 18.8. The van der Waals surface area contributed by atoms with E-state index in [4.69, 9.17) is 4.99 Å². The third kappa shape index (κ3) is 7.48. The summed E-state index contributed by atoms with van der Waals surface area (Å²) >= 11 is 0. The summed E-state index contributed by atoms with van der Waals surface area (Å²) < 4.78 is 2.08. The number of aryl methyl sites for hydroxylation is 2. The van der Waals surface area contributed by atoms with Crippen LogP contribution >= 0.6 is 24.0 Å². The Bertz CT molecular complexity index is 697. The Morgan fingerprint density at radius 1 is 1.26 bits per heavy atom. The first-order valence-electron chi connectivity index (χ1n) is 9.62. The Hall–Kier alpha value is -1.64. The van der Waals surface area contributed by atoms with Crippen molar-refractivity contribution in [2.45, 2.75) is 59.5 Å². The highest BCUT2D eigenvalue weighted by Gasteiger charge is 2.10. The van der Waals surface area contributed by atoms with Gasteiger partial charge in [0.2, 0.25) is 0 Å². The van der Waals surface area contributed by atoms with Crippen molar-refractivity contribution >= 4 is 29.9 Å². The number of halogens is 1. The number of nitrogens with zero attached hydrogens (tertiary/aromatic N) is 4. The minimum absolute atomic E-state index is 0. The molecule has 0 aliphatic heterocycles. The van der Waals surface area contributed by atoms with Gasteiger partial charge < -0.3 is 15.2 Å². The number of hydrogen-bond donors (Lipinski definition) is 2. The van der Waals surface area contributed by atoms with Gasteiger partial charge in [-0.1, -0.05) is 44.5 Å². The number of hydrogen-bond acceptors (Lipinski definition) is 3. The summed E-state index contributed by atoms with van der Waals surface area (Å²) in [6.45, 7) is 11.0. The molecular formula is C20H33IN6. The lowest BCUT2D eigenvalue weighted by atomic mass is 10.0. The zero-order valence-electron chi connectivity index (χ0n) is 16.9. The van der Waals surface area contributed by atoms with Crippen LogP contribution in [0.2, 0.25) is 0 Å². The van der Waals surface area contributed by atoms with Gasteiger partial charge in [-0.3, -0.25) is 4.99 Å². The molecule has 2 aromatic rings. The van der Waals surface area contributed by atoms with Crippen LogP contribution in [0, 0.1) is 6.92 Å². The molecule has 0 fully saturated rings. The predicted molar refractivity (Wildman–Crippen MR) is 123 cm³/mol. The van der Waals surface area contributed by atoms with Crippen LogP contribution in [0.5, 0.6) is 0 Å². The molecule has 1 atom stereocenters. The van der Waals surface area contributed by atoms with Crippen molar-refractivity contribution in [3.05, 3.63) is 47.5 Å². The minimum Gasteiger partial charge on any atom is -0.355 e. The van der Waals surface area contributed by atoms with Gasteiger partial charge in [-0.25, -0.2) is 0 Å². The van der Waals surface area contributed by atoms with E-state index in [9.17, 15) is 0 Å². The summed E-state index contributed by atoms with van der Waals surface area (Å²) in [5.74, 6) is 1.87. The van der Waals surface area contributed by atoms with Crippen LogP contribution < -0.4 is 10.6 Å². The van der Waals surface area contributed by atoms with Gasteiger partial charge in [-0.05, 0) is 31.4 Å². The van der Waals surface area contributed by atoms with Gasteiger partial charge in [-0.15, -0.1) is 34.2 Å². The molecule has 0 amide bonds. The molecule has 1 heterocycles. The average Bonchev–Trinajstić information content (AvgIpc) is 3.09. The van der Waals surface area contributed by atoms with Crippen LogP contribution in [0.4, 0.5) is 0 Å². The molecule has 0 aliphatic rings. The fourth-order valence-electron chi connectivity index (χ4n) is 2.89. The summed E-state index contributed by atoms with van der Waals surface area (Å²) in [5, 5.41) is 15.1. The lowest BCUT2D eigenvalue weighted by molar-refractivity contribution is 0.617. The van der Waals surface area contributed by atoms with Crippen LogP contribution in [0.3, 0.4) is 0 Å². The largest absolute Gasteiger partial charge is 0.355 e. The molecule has 1 aromatic carbocycles. The maximum Gasteiger partial charge on any atom is 0.191 e. The highest BCUT2D eigenvalue weighted by Crippen LogP contribution is 2.16. The third-order valence-corrected chi connectivity index (χ3v) is 4.45. The number of rotatable bonds is 9. The highest BCUT2D eigenvalue weighted by atomic mass is 127. The second kappa shape index (κ2) is 12.7. The van der Waals surface area contributed by atoms with Gasteiger partial charge in [0.25, 0.3) is 0 Å². The molecule has 0 spiro atoms. The van der Waals surface area contributed by atoms with Crippen molar-refractivity contribution in [2.75, 3.05) is 13.1 Å². The fraction of sp³-hybridized carbons (Fsp3) is 0.550. The van der Waals surface area contributed by atoms with Crippen LogP contribution in [0.15, 0.2) is 35.6 Å². The van der Waals surface area contributed by atoms with Crippen molar-refractivity contribution in [3.63, 3.8) is 0 Å². The van der Waals surface area contributed by atoms with Gasteiger partial charge in [0.15, 0.2) is 5.96 Å². The smallest absolute Gasteiger partial charge is 0.191 e. The average molecular weight is 484 g/mol. The van der Waals surface area contributed by atoms with Crippen LogP contribution in [0.1, 0.15) is 56.6 Å². The molecule has 0 bridgehead atoms. The summed E-state index contributed by atoms with van der Waals surface area (Å²) in [7, 11) is 0. The summed E-state index contributed by atoms with van der Waals surface area (Å²) in [5.41, 5.74) is 2.59. The van der Waals surface area contributed by atoms with Crippen molar-refractivity contribution in [1.29, 1.82) is 0 Å². The number of nitrogens with one attached hydrogen (secondary N) is 2. The molecule has 0 saturated carbocycles. The van der Waals surface area contributed by atoms with Crippen LogP contribution in [-0.4, -0.2) is 33.8 Å². The number of aliphatic imine (C=N–C) groups is 1. The lowest BCUT2D eigenvalue weighted by Gasteiger charge is -2.20. The molecule has 150 valence electrons. The molecule has 0 aliphatic carbocycles. The van der Waals surface area contributed by atoms with E-state index in [1.54, 1.807) is 6.33 Å². The molecular weight excluding hydrogens is 451 g/mol. The highest BCUT2D eigenvalue weighted by molar-refractivity contribution is 14.0. The quantitative estimate of drug-likeness (QED) is 0.246. The van der Waals surface area contributed by atoms with E-state index in [1.807, 2.05) is 0 Å².